The first-order valence-electron chi connectivity index (χ1n) is 4.55. The Bertz CT molecular complexity index is 403. The van der Waals surface area contributed by atoms with E-state index >= 15 is 0 Å². The molecule has 0 aliphatic carbocycles. The van der Waals surface area contributed by atoms with Crippen LogP contribution in [0, 0.1) is 5.82 Å². The number of carbonyl (C=O) groups excluding carboxylic acids is 2. The molecular formula is C11H11FO4. The minimum absolute atomic E-state index is 0.102. The van der Waals surface area contributed by atoms with E-state index in [1.54, 1.807) is 0 Å². The van der Waals surface area contributed by atoms with Crippen LogP contribution >= 0.6 is 0 Å². The summed E-state index contributed by atoms with van der Waals surface area (Å²) in [5.74, 6) is -1.72. The smallest absolute Gasteiger partial charge is 0.354 e. The van der Waals surface area contributed by atoms with E-state index in [1.807, 2.05) is 0 Å². The molecule has 0 fully saturated rings. The summed E-state index contributed by atoms with van der Waals surface area (Å²) in [6.45, 7) is 1.20. The molecule has 0 aliphatic rings. The van der Waals surface area contributed by atoms with Crippen LogP contribution in [0.4, 0.5) is 4.39 Å². The van der Waals surface area contributed by atoms with Gasteiger partial charge in [0.15, 0.2) is 5.78 Å². The van der Waals surface area contributed by atoms with Gasteiger partial charge in [-0.2, -0.15) is 0 Å². The van der Waals surface area contributed by atoms with Crippen LogP contribution in [0.1, 0.15) is 6.92 Å². The molecule has 5 heteroatoms. The molecule has 0 heterocycles. The van der Waals surface area contributed by atoms with Gasteiger partial charge in [-0.3, -0.25) is 4.79 Å². The van der Waals surface area contributed by atoms with Crippen molar-refractivity contribution in [1.29, 1.82) is 0 Å². The van der Waals surface area contributed by atoms with Crippen molar-refractivity contribution in [2.24, 2.45) is 0 Å². The van der Waals surface area contributed by atoms with Crippen molar-refractivity contribution in [3.8, 4) is 5.75 Å². The lowest BCUT2D eigenvalue weighted by Crippen LogP contribution is -2.35. The quantitative estimate of drug-likeness (QED) is 0.574. The maximum Gasteiger partial charge on any atom is 0.354 e. The molecule has 0 unspecified atom stereocenters. The Hall–Kier alpha value is -1.91. The lowest BCUT2D eigenvalue weighted by molar-refractivity contribution is -0.152. The lowest BCUT2D eigenvalue weighted by Gasteiger charge is -2.13. The van der Waals surface area contributed by atoms with E-state index in [4.69, 9.17) is 4.74 Å². The molecule has 1 atom stereocenters. The Morgan fingerprint density at radius 3 is 2.56 bits per heavy atom. The second-order valence-corrected chi connectivity index (χ2v) is 3.09. The van der Waals surface area contributed by atoms with Gasteiger partial charge < -0.3 is 9.47 Å². The molecule has 86 valence electrons. The van der Waals surface area contributed by atoms with Crippen molar-refractivity contribution in [1.82, 2.24) is 0 Å². The SMILES string of the molecule is COC(=O)[C@H](Oc1cccc(F)c1)C(C)=O. The molecule has 1 rings (SSSR count). The summed E-state index contributed by atoms with van der Waals surface area (Å²) in [5, 5.41) is 0. The lowest BCUT2D eigenvalue weighted by atomic mass is 10.2. The highest BCUT2D eigenvalue weighted by atomic mass is 19.1. The molecular weight excluding hydrogens is 215 g/mol. The summed E-state index contributed by atoms with van der Waals surface area (Å²) in [7, 11) is 1.15. The molecule has 0 amide bonds. The highest BCUT2D eigenvalue weighted by Crippen LogP contribution is 2.14. The van der Waals surface area contributed by atoms with Gasteiger partial charge in [-0.25, -0.2) is 9.18 Å². The minimum Gasteiger partial charge on any atom is -0.471 e. The zero-order chi connectivity index (χ0) is 12.1. The number of ketones is 1. The molecule has 16 heavy (non-hydrogen) atoms. The Morgan fingerprint density at radius 2 is 2.06 bits per heavy atom. The predicted molar refractivity (Wildman–Crippen MR) is 53.5 cm³/mol. The predicted octanol–water partition coefficient (Wildman–Crippen LogP) is 1.34. The normalized spacial score (nSPS) is 11.7. The Balaban J connectivity index is 2.84. The van der Waals surface area contributed by atoms with E-state index in [2.05, 4.69) is 4.74 Å². The molecule has 1 aromatic rings. The van der Waals surface area contributed by atoms with Crippen molar-refractivity contribution in [3.05, 3.63) is 30.1 Å². The number of halogens is 1. The van der Waals surface area contributed by atoms with Gasteiger partial charge in [0.25, 0.3) is 6.10 Å². The zero-order valence-electron chi connectivity index (χ0n) is 8.90. The number of benzene rings is 1. The number of hydrogen-bond donors (Lipinski definition) is 0. The molecule has 0 aromatic heterocycles. The minimum atomic E-state index is -1.35. The van der Waals surface area contributed by atoms with Crippen LogP contribution in [0.3, 0.4) is 0 Å². The first-order valence-corrected chi connectivity index (χ1v) is 4.55. The Morgan fingerprint density at radius 1 is 1.38 bits per heavy atom. The van der Waals surface area contributed by atoms with Gasteiger partial charge in [0, 0.05) is 6.07 Å². The van der Waals surface area contributed by atoms with E-state index in [0.29, 0.717) is 0 Å². The number of methoxy groups -OCH3 is 1. The fourth-order valence-corrected chi connectivity index (χ4v) is 1.08. The summed E-state index contributed by atoms with van der Waals surface area (Å²) < 4.78 is 22.3. The molecule has 0 aliphatic heterocycles. The van der Waals surface area contributed by atoms with Crippen molar-refractivity contribution in [2.75, 3.05) is 7.11 Å². The van der Waals surface area contributed by atoms with Gasteiger partial charge in [-0.1, -0.05) is 6.07 Å². The Labute approximate surface area is 92.0 Å². The summed E-state index contributed by atoms with van der Waals surface area (Å²) in [6, 6.07) is 5.17. The molecule has 0 saturated heterocycles. The van der Waals surface area contributed by atoms with E-state index in [-0.39, 0.29) is 5.75 Å². The van der Waals surface area contributed by atoms with Crippen LogP contribution in [-0.4, -0.2) is 25.0 Å². The number of carbonyl (C=O) groups is 2. The molecule has 0 radical (unpaired) electrons. The third kappa shape index (κ3) is 3.05. The summed E-state index contributed by atoms with van der Waals surface area (Å²) in [5.41, 5.74) is 0. The van der Waals surface area contributed by atoms with Gasteiger partial charge in [-0.15, -0.1) is 0 Å². The molecule has 1 aromatic carbocycles. The third-order valence-corrected chi connectivity index (χ3v) is 1.83. The fourth-order valence-electron chi connectivity index (χ4n) is 1.08. The number of Topliss-reactive ketones (excluding diaryl/α,β-unsaturated/α-hetero) is 1. The zero-order valence-corrected chi connectivity index (χ0v) is 8.90. The van der Waals surface area contributed by atoms with E-state index in [0.717, 1.165) is 13.2 Å². The number of esters is 1. The van der Waals surface area contributed by atoms with Gasteiger partial charge in [-0.05, 0) is 19.1 Å². The maximum absolute atomic E-state index is 12.8. The number of rotatable bonds is 4. The van der Waals surface area contributed by atoms with E-state index in [9.17, 15) is 14.0 Å². The molecule has 4 nitrogen and oxygen atoms in total. The summed E-state index contributed by atoms with van der Waals surface area (Å²) in [4.78, 5) is 22.3. The van der Waals surface area contributed by atoms with Gasteiger partial charge in [0.05, 0.1) is 7.11 Å². The van der Waals surface area contributed by atoms with Gasteiger partial charge in [0.2, 0.25) is 0 Å². The first-order chi connectivity index (χ1) is 7.54. The van der Waals surface area contributed by atoms with Crippen LogP contribution in [0.15, 0.2) is 24.3 Å². The fraction of sp³-hybridized carbons (Fsp3) is 0.273. The average molecular weight is 226 g/mol. The van der Waals surface area contributed by atoms with Crippen molar-refractivity contribution >= 4 is 11.8 Å². The number of hydrogen-bond acceptors (Lipinski definition) is 4. The third-order valence-electron chi connectivity index (χ3n) is 1.83. The molecule has 0 saturated carbocycles. The van der Waals surface area contributed by atoms with Crippen LogP contribution < -0.4 is 4.74 Å². The highest BCUT2D eigenvalue weighted by Gasteiger charge is 2.26. The highest BCUT2D eigenvalue weighted by molar-refractivity contribution is 6.01. The standard InChI is InChI=1S/C11H11FO4/c1-7(13)10(11(14)15-2)16-9-5-3-4-8(12)6-9/h3-6,10H,1-2H3/t10-/m1/s1. The second kappa shape index (κ2) is 5.25. The summed E-state index contributed by atoms with van der Waals surface area (Å²) >= 11 is 0. The second-order valence-electron chi connectivity index (χ2n) is 3.09. The average Bonchev–Trinajstić information content (AvgIpc) is 2.24. The maximum atomic E-state index is 12.8. The van der Waals surface area contributed by atoms with Crippen molar-refractivity contribution in [2.45, 2.75) is 13.0 Å². The largest absolute Gasteiger partial charge is 0.471 e. The van der Waals surface area contributed by atoms with Crippen molar-refractivity contribution < 1.29 is 23.5 Å². The topological polar surface area (TPSA) is 52.6 Å². The number of ether oxygens (including phenoxy) is 2. The van der Waals surface area contributed by atoms with Gasteiger partial charge in [0.1, 0.15) is 11.6 Å². The van der Waals surface area contributed by atoms with Crippen molar-refractivity contribution in [3.63, 3.8) is 0 Å². The first kappa shape index (κ1) is 12.2. The van der Waals surface area contributed by atoms with E-state index in [1.165, 1.54) is 25.1 Å². The summed E-state index contributed by atoms with van der Waals surface area (Å²) in [6.07, 6.45) is -1.35. The Kier molecular flexibility index (Phi) is 3.99. The van der Waals surface area contributed by atoms with E-state index < -0.39 is 23.7 Å². The van der Waals surface area contributed by atoms with Gasteiger partial charge >= 0.3 is 5.97 Å². The van der Waals surface area contributed by atoms with Crippen LogP contribution in [-0.2, 0) is 14.3 Å². The molecule has 0 N–H and O–H groups in total. The van der Waals surface area contributed by atoms with Crippen LogP contribution in [0.5, 0.6) is 5.75 Å². The van der Waals surface area contributed by atoms with Crippen LogP contribution in [0.25, 0.3) is 0 Å². The molecule has 0 spiro atoms. The molecule has 0 bridgehead atoms. The van der Waals surface area contributed by atoms with Crippen LogP contribution in [0.2, 0.25) is 0 Å². The monoisotopic (exact) mass is 226 g/mol.